The molecule has 4 aromatic rings. The largest absolute Gasteiger partial charge is 0.497 e. The second kappa shape index (κ2) is 8.07. The highest BCUT2D eigenvalue weighted by atomic mass is 35.5. The molecule has 0 saturated carbocycles. The van der Waals surface area contributed by atoms with E-state index in [2.05, 4.69) is 0 Å². The Morgan fingerprint density at radius 2 is 1.83 bits per heavy atom. The van der Waals surface area contributed by atoms with Crippen molar-refractivity contribution < 1.29 is 4.74 Å². The third-order valence-electron chi connectivity index (χ3n) is 4.81. The van der Waals surface area contributed by atoms with Crippen molar-refractivity contribution >= 4 is 22.5 Å². The average Bonchev–Trinajstić information content (AvgIpc) is 2.75. The van der Waals surface area contributed by atoms with Crippen LogP contribution in [0.5, 0.6) is 5.75 Å². The molecule has 0 fully saturated rings. The molecule has 4 rings (SSSR count). The van der Waals surface area contributed by atoms with Gasteiger partial charge in [-0.05, 0) is 41.5 Å². The van der Waals surface area contributed by atoms with Crippen LogP contribution in [0.1, 0.15) is 11.1 Å². The molecule has 0 aliphatic carbocycles. The number of hydrogen-bond donors (Lipinski definition) is 1. The minimum Gasteiger partial charge on any atom is -0.497 e. The Hall–Kier alpha value is -3.15. The van der Waals surface area contributed by atoms with E-state index in [4.69, 9.17) is 27.1 Å². The minimum absolute atomic E-state index is 0.123. The molecule has 0 aliphatic rings. The summed E-state index contributed by atoms with van der Waals surface area (Å²) < 4.78 is 7.03. The maximum absolute atomic E-state index is 13.4. The Balaban J connectivity index is 1.95. The van der Waals surface area contributed by atoms with Gasteiger partial charge in [0.15, 0.2) is 0 Å². The van der Waals surface area contributed by atoms with Gasteiger partial charge < -0.3 is 10.5 Å². The number of nitrogens with zero attached hydrogens (tertiary/aromatic N) is 2. The first-order valence-electron chi connectivity index (χ1n) is 9.21. The lowest BCUT2D eigenvalue weighted by atomic mass is 10.1. The SMILES string of the molecule is COc1cccc(-c2nc3cc(Cl)ccc3c(=O)n2Cc2cccc(CN)c2)c1. The Morgan fingerprint density at radius 1 is 1.03 bits per heavy atom. The average molecular weight is 406 g/mol. The molecule has 2 N–H and O–H groups in total. The molecule has 146 valence electrons. The lowest BCUT2D eigenvalue weighted by molar-refractivity contribution is 0.415. The van der Waals surface area contributed by atoms with Gasteiger partial charge in [0.25, 0.3) is 5.56 Å². The number of benzene rings is 3. The Kier molecular flexibility index (Phi) is 5.34. The van der Waals surface area contributed by atoms with Gasteiger partial charge in [0.2, 0.25) is 0 Å². The van der Waals surface area contributed by atoms with E-state index in [1.54, 1.807) is 29.9 Å². The maximum Gasteiger partial charge on any atom is 0.261 e. The zero-order valence-electron chi connectivity index (χ0n) is 15.9. The van der Waals surface area contributed by atoms with Gasteiger partial charge in [-0.25, -0.2) is 4.98 Å². The van der Waals surface area contributed by atoms with Gasteiger partial charge in [-0.3, -0.25) is 9.36 Å². The fourth-order valence-electron chi connectivity index (χ4n) is 3.36. The molecule has 0 aliphatic heterocycles. The summed E-state index contributed by atoms with van der Waals surface area (Å²) >= 11 is 6.14. The van der Waals surface area contributed by atoms with E-state index in [1.165, 1.54) is 0 Å². The second-order valence-electron chi connectivity index (χ2n) is 6.74. The first-order valence-corrected chi connectivity index (χ1v) is 9.59. The van der Waals surface area contributed by atoms with Crippen molar-refractivity contribution in [1.82, 2.24) is 9.55 Å². The van der Waals surface area contributed by atoms with Crippen molar-refractivity contribution in [1.29, 1.82) is 0 Å². The monoisotopic (exact) mass is 405 g/mol. The topological polar surface area (TPSA) is 70.1 Å². The Morgan fingerprint density at radius 3 is 2.62 bits per heavy atom. The first-order chi connectivity index (χ1) is 14.1. The van der Waals surface area contributed by atoms with Crippen LogP contribution < -0.4 is 16.0 Å². The normalized spacial score (nSPS) is 11.0. The number of methoxy groups -OCH3 is 1. The minimum atomic E-state index is -0.123. The molecule has 29 heavy (non-hydrogen) atoms. The third-order valence-corrected chi connectivity index (χ3v) is 5.05. The van der Waals surface area contributed by atoms with E-state index in [-0.39, 0.29) is 5.56 Å². The number of halogens is 1. The van der Waals surface area contributed by atoms with E-state index in [9.17, 15) is 4.79 Å². The Bertz CT molecular complexity index is 1250. The van der Waals surface area contributed by atoms with E-state index in [0.29, 0.717) is 40.6 Å². The van der Waals surface area contributed by atoms with E-state index in [1.807, 2.05) is 48.5 Å². The molecular weight excluding hydrogens is 386 g/mol. The first kappa shape index (κ1) is 19.2. The number of rotatable bonds is 5. The molecule has 0 unspecified atom stereocenters. The number of hydrogen-bond acceptors (Lipinski definition) is 4. The molecular formula is C23H20ClN3O2. The molecule has 0 amide bonds. The van der Waals surface area contributed by atoms with Crippen LogP contribution in [-0.2, 0) is 13.1 Å². The summed E-state index contributed by atoms with van der Waals surface area (Å²) in [6.45, 7) is 0.824. The van der Waals surface area contributed by atoms with Crippen LogP contribution in [0.3, 0.4) is 0 Å². The van der Waals surface area contributed by atoms with E-state index < -0.39 is 0 Å². The van der Waals surface area contributed by atoms with Gasteiger partial charge in [0.05, 0.1) is 24.6 Å². The van der Waals surface area contributed by atoms with Crippen molar-refractivity contribution in [2.45, 2.75) is 13.1 Å². The van der Waals surface area contributed by atoms with Crippen LogP contribution in [-0.4, -0.2) is 16.7 Å². The highest BCUT2D eigenvalue weighted by Crippen LogP contribution is 2.25. The predicted molar refractivity (Wildman–Crippen MR) is 116 cm³/mol. The van der Waals surface area contributed by atoms with E-state index in [0.717, 1.165) is 16.7 Å². The molecule has 0 bridgehead atoms. The fourth-order valence-corrected chi connectivity index (χ4v) is 3.53. The molecule has 0 atom stereocenters. The maximum atomic E-state index is 13.4. The van der Waals surface area contributed by atoms with Gasteiger partial charge in [0, 0.05) is 17.1 Å². The van der Waals surface area contributed by atoms with Crippen LogP contribution in [0.2, 0.25) is 5.02 Å². The zero-order chi connectivity index (χ0) is 20.4. The van der Waals surface area contributed by atoms with Gasteiger partial charge in [-0.1, -0.05) is 48.0 Å². The molecule has 3 aromatic carbocycles. The summed E-state index contributed by atoms with van der Waals surface area (Å²) in [4.78, 5) is 18.2. The van der Waals surface area contributed by atoms with Crippen molar-refractivity contribution in [3.05, 3.63) is 93.2 Å². The van der Waals surface area contributed by atoms with Crippen molar-refractivity contribution in [2.75, 3.05) is 7.11 Å². The highest BCUT2D eigenvalue weighted by Gasteiger charge is 2.14. The number of fused-ring (bicyclic) bond motifs is 1. The smallest absolute Gasteiger partial charge is 0.261 e. The van der Waals surface area contributed by atoms with Crippen LogP contribution in [0, 0.1) is 0 Å². The molecule has 6 heteroatoms. The third kappa shape index (κ3) is 3.88. The summed E-state index contributed by atoms with van der Waals surface area (Å²) in [5.41, 5.74) is 9.00. The van der Waals surface area contributed by atoms with Crippen molar-refractivity contribution in [2.24, 2.45) is 5.73 Å². The van der Waals surface area contributed by atoms with Crippen LogP contribution in [0.25, 0.3) is 22.3 Å². The number of ether oxygens (including phenoxy) is 1. The fraction of sp³-hybridized carbons (Fsp3) is 0.130. The number of nitrogens with two attached hydrogens (primary N) is 1. The summed E-state index contributed by atoms with van der Waals surface area (Å²) in [7, 11) is 1.61. The molecule has 1 aromatic heterocycles. The zero-order valence-corrected chi connectivity index (χ0v) is 16.7. The van der Waals surface area contributed by atoms with Gasteiger partial charge in [-0.15, -0.1) is 0 Å². The Labute approximate surface area is 173 Å². The summed E-state index contributed by atoms with van der Waals surface area (Å²) in [5, 5.41) is 1.06. The quantitative estimate of drug-likeness (QED) is 0.539. The standard InChI is InChI=1S/C23H20ClN3O2/c1-29-19-7-3-6-17(11-19)22-26-21-12-18(24)8-9-20(21)23(28)27(22)14-16-5-2-4-15(10-16)13-25/h2-12H,13-14,25H2,1H3. The van der Waals surface area contributed by atoms with Crippen molar-refractivity contribution in [3.8, 4) is 17.1 Å². The summed E-state index contributed by atoms with van der Waals surface area (Å²) in [6, 6.07) is 20.5. The molecule has 0 saturated heterocycles. The molecule has 1 heterocycles. The number of aromatic nitrogens is 2. The van der Waals surface area contributed by atoms with Crippen LogP contribution in [0.15, 0.2) is 71.5 Å². The molecule has 0 radical (unpaired) electrons. The predicted octanol–water partition coefficient (Wildman–Crippen LogP) is 4.23. The molecule has 5 nitrogen and oxygen atoms in total. The summed E-state index contributed by atoms with van der Waals surface area (Å²) in [5.74, 6) is 1.25. The van der Waals surface area contributed by atoms with Crippen LogP contribution in [0.4, 0.5) is 0 Å². The van der Waals surface area contributed by atoms with E-state index >= 15 is 0 Å². The lowest BCUT2D eigenvalue weighted by Gasteiger charge is -2.15. The summed E-state index contributed by atoms with van der Waals surface area (Å²) in [6.07, 6.45) is 0. The van der Waals surface area contributed by atoms with Gasteiger partial charge in [0.1, 0.15) is 11.6 Å². The highest BCUT2D eigenvalue weighted by molar-refractivity contribution is 6.31. The van der Waals surface area contributed by atoms with Gasteiger partial charge >= 0.3 is 0 Å². The van der Waals surface area contributed by atoms with Crippen LogP contribution >= 0.6 is 11.6 Å². The van der Waals surface area contributed by atoms with Gasteiger partial charge in [-0.2, -0.15) is 0 Å². The molecule has 0 spiro atoms. The second-order valence-corrected chi connectivity index (χ2v) is 7.18. The van der Waals surface area contributed by atoms with Crippen molar-refractivity contribution in [3.63, 3.8) is 0 Å². The lowest BCUT2D eigenvalue weighted by Crippen LogP contribution is -2.24.